The molecule has 0 saturated heterocycles. The van der Waals surface area contributed by atoms with Crippen LogP contribution < -0.4 is 4.74 Å². The van der Waals surface area contributed by atoms with Gasteiger partial charge in [-0.3, -0.25) is 0 Å². The van der Waals surface area contributed by atoms with Crippen LogP contribution >= 0.6 is 0 Å². The van der Waals surface area contributed by atoms with E-state index in [0.29, 0.717) is 12.1 Å². The Kier molecular flexibility index (Phi) is 4.25. The lowest BCUT2D eigenvalue weighted by Gasteiger charge is -2.13. The Balaban J connectivity index is 2.62. The third-order valence-electron chi connectivity index (χ3n) is 2.59. The number of hydrogen-bond donors (Lipinski definition) is 0. The van der Waals surface area contributed by atoms with Crippen LogP contribution in [0.1, 0.15) is 5.69 Å². The highest BCUT2D eigenvalue weighted by Gasteiger charge is 2.34. The van der Waals surface area contributed by atoms with Gasteiger partial charge in [-0.2, -0.15) is 22.0 Å². The van der Waals surface area contributed by atoms with Gasteiger partial charge in [0.25, 0.3) is 0 Å². The normalized spacial score (nSPS) is 11.8. The van der Waals surface area contributed by atoms with Crippen LogP contribution in [0.2, 0.25) is 0 Å². The number of alkyl halides is 5. The van der Waals surface area contributed by atoms with Crippen LogP contribution in [0.3, 0.4) is 0 Å². The SMILES string of the molecule is Fc1cccc(-c2ccc(C(F)(F)F)nc2OC(F)F)c1F. The van der Waals surface area contributed by atoms with Gasteiger partial charge in [-0.05, 0) is 18.2 Å². The monoisotopic (exact) mass is 325 g/mol. The predicted octanol–water partition coefficient (Wildman–Crippen LogP) is 4.65. The average molecular weight is 325 g/mol. The number of hydrogen-bond acceptors (Lipinski definition) is 2. The van der Waals surface area contributed by atoms with Gasteiger partial charge in [-0.1, -0.05) is 12.1 Å². The predicted molar refractivity (Wildman–Crippen MR) is 61.2 cm³/mol. The third-order valence-corrected chi connectivity index (χ3v) is 2.59. The van der Waals surface area contributed by atoms with Crippen molar-refractivity contribution in [3.05, 3.63) is 47.7 Å². The average Bonchev–Trinajstić information content (AvgIpc) is 2.40. The molecular formula is C13H6F7NO. The van der Waals surface area contributed by atoms with Crippen LogP contribution in [0.4, 0.5) is 30.7 Å². The molecule has 0 unspecified atom stereocenters. The first-order chi connectivity index (χ1) is 10.2. The van der Waals surface area contributed by atoms with E-state index < -0.39 is 47.1 Å². The maximum atomic E-state index is 13.7. The molecule has 0 bridgehead atoms. The molecule has 0 amide bonds. The highest BCUT2D eigenvalue weighted by molar-refractivity contribution is 5.69. The summed E-state index contributed by atoms with van der Waals surface area (Å²) in [5.74, 6) is -3.85. The van der Waals surface area contributed by atoms with E-state index in [0.717, 1.165) is 18.2 Å². The molecule has 118 valence electrons. The quantitative estimate of drug-likeness (QED) is 0.767. The lowest BCUT2D eigenvalue weighted by molar-refractivity contribution is -0.142. The van der Waals surface area contributed by atoms with Gasteiger partial charge < -0.3 is 4.74 Å². The number of ether oxygens (including phenoxy) is 1. The fraction of sp³-hybridized carbons (Fsp3) is 0.154. The summed E-state index contributed by atoms with van der Waals surface area (Å²) in [5.41, 5.74) is -2.56. The molecule has 0 aliphatic heterocycles. The Labute approximate surface area is 119 Å². The van der Waals surface area contributed by atoms with Crippen LogP contribution in [0.5, 0.6) is 5.88 Å². The Morgan fingerprint density at radius 1 is 0.955 bits per heavy atom. The number of benzene rings is 1. The second-order valence-electron chi connectivity index (χ2n) is 4.03. The van der Waals surface area contributed by atoms with Gasteiger partial charge in [0.15, 0.2) is 11.6 Å². The molecule has 0 radical (unpaired) electrons. The van der Waals surface area contributed by atoms with E-state index in [4.69, 9.17) is 0 Å². The standard InChI is InChI=1S/C13H6F7NO/c14-8-3-1-2-6(10(8)15)7-4-5-9(13(18,19)20)21-11(7)22-12(16)17/h1-5,12H. The van der Waals surface area contributed by atoms with Crippen molar-refractivity contribution in [1.82, 2.24) is 4.98 Å². The lowest BCUT2D eigenvalue weighted by atomic mass is 10.1. The van der Waals surface area contributed by atoms with Crippen LogP contribution in [0, 0.1) is 11.6 Å². The Morgan fingerprint density at radius 2 is 1.64 bits per heavy atom. The number of halogens is 7. The first-order valence-corrected chi connectivity index (χ1v) is 5.67. The molecule has 2 rings (SSSR count). The van der Waals surface area contributed by atoms with Gasteiger partial charge in [0.05, 0.1) is 0 Å². The third kappa shape index (κ3) is 3.29. The van der Waals surface area contributed by atoms with E-state index in [1.165, 1.54) is 0 Å². The molecule has 1 aromatic carbocycles. The second kappa shape index (κ2) is 5.82. The molecule has 0 aliphatic carbocycles. The minimum absolute atomic E-state index is 0.456. The number of pyridine rings is 1. The molecule has 1 aromatic heterocycles. The van der Waals surface area contributed by atoms with E-state index in [-0.39, 0.29) is 0 Å². The molecule has 9 heteroatoms. The van der Waals surface area contributed by atoms with Crippen molar-refractivity contribution in [2.75, 3.05) is 0 Å². The minimum Gasteiger partial charge on any atom is -0.416 e. The van der Waals surface area contributed by atoms with E-state index in [2.05, 4.69) is 9.72 Å². The van der Waals surface area contributed by atoms with Gasteiger partial charge in [0.2, 0.25) is 5.88 Å². The maximum absolute atomic E-state index is 13.7. The Bertz CT molecular complexity index is 685. The molecule has 1 heterocycles. The van der Waals surface area contributed by atoms with Gasteiger partial charge >= 0.3 is 12.8 Å². The summed E-state index contributed by atoms with van der Waals surface area (Å²) in [7, 11) is 0. The van der Waals surface area contributed by atoms with Crippen molar-refractivity contribution in [3.63, 3.8) is 0 Å². The zero-order valence-electron chi connectivity index (χ0n) is 10.5. The molecule has 0 aliphatic rings. The first-order valence-electron chi connectivity index (χ1n) is 5.67. The molecule has 0 spiro atoms. The molecular weight excluding hydrogens is 319 g/mol. The molecule has 2 nitrogen and oxygen atoms in total. The summed E-state index contributed by atoms with van der Waals surface area (Å²) in [6, 6.07) is 3.98. The van der Waals surface area contributed by atoms with Gasteiger partial charge in [-0.15, -0.1) is 0 Å². The fourth-order valence-corrected chi connectivity index (χ4v) is 1.69. The van der Waals surface area contributed by atoms with Crippen molar-refractivity contribution in [2.45, 2.75) is 12.8 Å². The summed E-state index contributed by atoms with van der Waals surface area (Å²) in [6.45, 7) is -3.48. The summed E-state index contributed by atoms with van der Waals surface area (Å²) in [4.78, 5) is 2.91. The molecule has 0 N–H and O–H groups in total. The summed E-state index contributed by atoms with van der Waals surface area (Å²) in [5, 5.41) is 0. The molecule has 0 atom stereocenters. The van der Waals surface area contributed by atoms with Gasteiger partial charge in [0.1, 0.15) is 5.69 Å². The smallest absolute Gasteiger partial charge is 0.416 e. The van der Waals surface area contributed by atoms with Crippen molar-refractivity contribution >= 4 is 0 Å². The van der Waals surface area contributed by atoms with Gasteiger partial charge in [0, 0.05) is 11.1 Å². The Morgan fingerprint density at radius 3 is 2.23 bits per heavy atom. The topological polar surface area (TPSA) is 22.1 Å². The zero-order valence-corrected chi connectivity index (χ0v) is 10.5. The van der Waals surface area contributed by atoms with E-state index >= 15 is 0 Å². The van der Waals surface area contributed by atoms with Crippen LogP contribution in [-0.4, -0.2) is 11.6 Å². The molecule has 0 saturated carbocycles. The zero-order chi connectivity index (χ0) is 16.5. The summed E-state index contributed by atoms with van der Waals surface area (Å²) >= 11 is 0. The minimum atomic E-state index is -4.90. The number of nitrogens with zero attached hydrogens (tertiary/aromatic N) is 1. The van der Waals surface area contributed by atoms with Crippen LogP contribution in [0.15, 0.2) is 30.3 Å². The Hall–Kier alpha value is -2.32. The maximum Gasteiger partial charge on any atom is 0.433 e. The van der Waals surface area contributed by atoms with Crippen LogP contribution in [0.25, 0.3) is 11.1 Å². The van der Waals surface area contributed by atoms with Crippen molar-refractivity contribution in [1.29, 1.82) is 0 Å². The number of rotatable bonds is 3. The van der Waals surface area contributed by atoms with Crippen molar-refractivity contribution in [2.24, 2.45) is 0 Å². The van der Waals surface area contributed by atoms with Crippen LogP contribution in [-0.2, 0) is 6.18 Å². The fourth-order valence-electron chi connectivity index (χ4n) is 1.69. The molecule has 2 aromatic rings. The molecule has 22 heavy (non-hydrogen) atoms. The molecule has 0 fully saturated rings. The summed E-state index contributed by atoms with van der Waals surface area (Å²) < 4.78 is 93.0. The van der Waals surface area contributed by atoms with E-state index in [9.17, 15) is 30.7 Å². The highest BCUT2D eigenvalue weighted by Crippen LogP contribution is 2.36. The van der Waals surface area contributed by atoms with E-state index in [1.54, 1.807) is 0 Å². The highest BCUT2D eigenvalue weighted by atomic mass is 19.4. The number of aromatic nitrogens is 1. The largest absolute Gasteiger partial charge is 0.433 e. The summed E-state index contributed by atoms with van der Waals surface area (Å²) in [6.07, 6.45) is -4.90. The van der Waals surface area contributed by atoms with E-state index in [1.807, 2.05) is 0 Å². The van der Waals surface area contributed by atoms with Crippen molar-refractivity contribution < 1.29 is 35.5 Å². The first kappa shape index (κ1) is 16.1. The van der Waals surface area contributed by atoms with Gasteiger partial charge in [-0.25, -0.2) is 13.8 Å². The lowest BCUT2D eigenvalue weighted by Crippen LogP contribution is -2.12. The second-order valence-corrected chi connectivity index (χ2v) is 4.03. The van der Waals surface area contributed by atoms with Crippen molar-refractivity contribution in [3.8, 4) is 17.0 Å².